The summed E-state index contributed by atoms with van der Waals surface area (Å²) in [7, 11) is 0. The molecule has 0 amide bonds. The van der Waals surface area contributed by atoms with Crippen molar-refractivity contribution in [1.82, 2.24) is 5.32 Å². The fourth-order valence-electron chi connectivity index (χ4n) is 2.59. The predicted molar refractivity (Wildman–Crippen MR) is 78.8 cm³/mol. The topological polar surface area (TPSA) is 21.3 Å². The van der Waals surface area contributed by atoms with Crippen LogP contribution in [0.25, 0.3) is 0 Å². The summed E-state index contributed by atoms with van der Waals surface area (Å²) >= 11 is 3.30. The molecule has 1 saturated heterocycles. The SMILES string of the molecule is CCCNCC1(Cc2ccc(Br)cc2F)CCOC1. The van der Waals surface area contributed by atoms with Crippen LogP contribution < -0.4 is 5.32 Å². The third-order valence-corrected chi connectivity index (χ3v) is 4.19. The highest BCUT2D eigenvalue weighted by molar-refractivity contribution is 9.10. The van der Waals surface area contributed by atoms with Gasteiger partial charge in [0, 0.05) is 23.0 Å². The minimum atomic E-state index is -0.129. The standard InChI is InChI=1S/C15H21BrFNO/c1-2-6-18-10-15(5-7-19-11-15)9-12-3-4-13(16)8-14(12)17/h3-4,8,18H,2,5-7,9-11H2,1H3. The zero-order valence-corrected chi connectivity index (χ0v) is 12.9. The molecule has 0 bridgehead atoms. The highest BCUT2D eigenvalue weighted by Crippen LogP contribution is 2.33. The average Bonchev–Trinajstić information content (AvgIpc) is 2.82. The molecule has 1 aliphatic heterocycles. The van der Waals surface area contributed by atoms with Crippen LogP contribution >= 0.6 is 15.9 Å². The Morgan fingerprint density at radius 3 is 2.95 bits per heavy atom. The summed E-state index contributed by atoms with van der Waals surface area (Å²) in [5.41, 5.74) is 0.830. The first-order valence-electron chi connectivity index (χ1n) is 6.88. The average molecular weight is 330 g/mol. The zero-order chi connectivity index (χ0) is 13.7. The Morgan fingerprint density at radius 2 is 2.32 bits per heavy atom. The van der Waals surface area contributed by atoms with E-state index in [1.54, 1.807) is 0 Å². The molecule has 106 valence electrons. The van der Waals surface area contributed by atoms with Crippen molar-refractivity contribution in [2.24, 2.45) is 5.41 Å². The van der Waals surface area contributed by atoms with Crippen molar-refractivity contribution in [1.29, 1.82) is 0 Å². The van der Waals surface area contributed by atoms with Gasteiger partial charge in [-0.15, -0.1) is 0 Å². The maximum absolute atomic E-state index is 14.0. The number of benzene rings is 1. The van der Waals surface area contributed by atoms with Gasteiger partial charge in [0.2, 0.25) is 0 Å². The van der Waals surface area contributed by atoms with Gasteiger partial charge in [0.05, 0.1) is 6.61 Å². The van der Waals surface area contributed by atoms with Crippen LogP contribution in [0.3, 0.4) is 0 Å². The minimum absolute atomic E-state index is 0.0455. The molecule has 2 nitrogen and oxygen atoms in total. The molecular formula is C15H21BrFNO. The van der Waals surface area contributed by atoms with Gasteiger partial charge >= 0.3 is 0 Å². The van der Waals surface area contributed by atoms with Crippen LogP contribution in [0.15, 0.2) is 22.7 Å². The number of hydrogen-bond donors (Lipinski definition) is 1. The molecule has 0 aromatic heterocycles. The summed E-state index contributed by atoms with van der Waals surface area (Å²) in [6.07, 6.45) is 2.85. The molecule has 0 saturated carbocycles. The Balaban J connectivity index is 2.07. The Labute approximate surface area is 122 Å². The fraction of sp³-hybridized carbons (Fsp3) is 0.600. The van der Waals surface area contributed by atoms with Crippen molar-refractivity contribution in [3.05, 3.63) is 34.1 Å². The van der Waals surface area contributed by atoms with E-state index in [-0.39, 0.29) is 11.2 Å². The van der Waals surface area contributed by atoms with Gasteiger partial charge in [-0.2, -0.15) is 0 Å². The molecule has 19 heavy (non-hydrogen) atoms. The molecule has 0 aliphatic carbocycles. The second kappa shape index (κ2) is 6.82. The number of halogens is 2. The largest absolute Gasteiger partial charge is 0.381 e. The third-order valence-electron chi connectivity index (χ3n) is 3.69. The lowest BCUT2D eigenvalue weighted by Crippen LogP contribution is -2.37. The van der Waals surface area contributed by atoms with Gasteiger partial charge in [-0.1, -0.05) is 28.9 Å². The molecule has 1 aliphatic rings. The van der Waals surface area contributed by atoms with Gasteiger partial charge in [0.25, 0.3) is 0 Å². The summed E-state index contributed by atoms with van der Waals surface area (Å²) in [6.45, 7) is 5.56. The van der Waals surface area contributed by atoms with E-state index in [0.717, 1.165) is 55.6 Å². The molecule has 1 aromatic rings. The lowest BCUT2D eigenvalue weighted by Gasteiger charge is -2.28. The Hall–Kier alpha value is -0.450. The van der Waals surface area contributed by atoms with Crippen molar-refractivity contribution in [2.45, 2.75) is 26.2 Å². The van der Waals surface area contributed by atoms with E-state index in [0.29, 0.717) is 0 Å². The Morgan fingerprint density at radius 1 is 1.47 bits per heavy atom. The minimum Gasteiger partial charge on any atom is -0.381 e. The molecule has 1 atom stereocenters. The van der Waals surface area contributed by atoms with Crippen molar-refractivity contribution in [3.63, 3.8) is 0 Å². The van der Waals surface area contributed by atoms with Crippen molar-refractivity contribution >= 4 is 15.9 Å². The second-order valence-corrected chi connectivity index (χ2v) is 6.31. The number of rotatable bonds is 6. The second-order valence-electron chi connectivity index (χ2n) is 5.39. The summed E-state index contributed by atoms with van der Waals surface area (Å²) in [5.74, 6) is -0.129. The maximum Gasteiger partial charge on any atom is 0.127 e. The van der Waals surface area contributed by atoms with Crippen LogP contribution in [0.4, 0.5) is 4.39 Å². The van der Waals surface area contributed by atoms with Crippen LogP contribution in [-0.4, -0.2) is 26.3 Å². The van der Waals surface area contributed by atoms with Gasteiger partial charge in [0.15, 0.2) is 0 Å². The van der Waals surface area contributed by atoms with Crippen LogP contribution in [0.5, 0.6) is 0 Å². The number of ether oxygens (including phenoxy) is 1. The first-order chi connectivity index (χ1) is 9.15. The van der Waals surface area contributed by atoms with Gasteiger partial charge in [0.1, 0.15) is 5.82 Å². The lowest BCUT2D eigenvalue weighted by atomic mass is 9.80. The highest BCUT2D eigenvalue weighted by Gasteiger charge is 2.35. The van der Waals surface area contributed by atoms with E-state index in [4.69, 9.17) is 4.74 Å². The molecule has 0 radical (unpaired) electrons. The van der Waals surface area contributed by atoms with Crippen LogP contribution in [0, 0.1) is 11.2 Å². The summed E-state index contributed by atoms with van der Waals surface area (Å²) in [4.78, 5) is 0. The van der Waals surface area contributed by atoms with E-state index in [9.17, 15) is 4.39 Å². The molecule has 1 fully saturated rings. The van der Waals surface area contributed by atoms with E-state index < -0.39 is 0 Å². The monoisotopic (exact) mass is 329 g/mol. The van der Waals surface area contributed by atoms with Crippen LogP contribution in [-0.2, 0) is 11.2 Å². The van der Waals surface area contributed by atoms with Crippen molar-refractivity contribution < 1.29 is 9.13 Å². The first-order valence-corrected chi connectivity index (χ1v) is 7.67. The van der Waals surface area contributed by atoms with E-state index in [1.165, 1.54) is 6.07 Å². The molecule has 0 spiro atoms. The van der Waals surface area contributed by atoms with E-state index in [2.05, 4.69) is 28.2 Å². The summed E-state index contributed by atoms with van der Waals surface area (Å²) in [6, 6.07) is 5.32. The van der Waals surface area contributed by atoms with Gasteiger partial charge in [-0.25, -0.2) is 4.39 Å². The van der Waals surface area contributed by atoms with Crippen molar-refractivity contribution in [2.75, 3.05) is 26.3 Å². The highest BCUT2D eigenvalue weighted by atomic mass is 79.9. The quantitative estimate of drug-likeness (QED) is 0.806. The summed E-state index contributed by atoms with van der Waals surface area (Å²) in [5, 5.41) is 3.46. The predicted octanol–water partition coefficient (Wildman–Crippen LogP) is 3.54. The van der Waals surface area contributed by atoms with E-state index in [1.807, 2.05) is 12.1 Å². The lowest BCUT2D eigenvalue weighted by molar-refractivity contribution is 0.149. The third kappa shape index (κ3) is 4.01. The zero-order valence-electron chi connectivity index (χ0n) is 11.3. The molecular weight excluding hydrogens is 309 g/mol. The molecule has 1 aromatic carbocycles. The molecule has 1 N–H and O–H groups in total. The first kappa shape index (κ1) is 14.9. The number of hydrogen-bond acceptors (Lipinski definition) is 2. The summed E-state index contributed by atoms with van der Waals surface area (Å²) < 4.78 is 20.3. The molecule has 2 rings (SSSR count). The van der Waals surface area contributed by atoms with Crippen molar-refractivity contribution in [3.8, 4) is 0 Å². The Bertz CT molecular complexity index is 419. The van der Waals surface area contributed by atoms with Crippen LogP contribution in [0.2, 0.25) is 0 Å². The molecule has 1 unspecified atom stereocenters. The number of nitrogens with one attached hydrogen (secondary N) is 1. The van der Waals surface area contributed by atoms with E-state index >= 15 is 0 Å². The van der Waals surface area contributed by atoms with Gasteiger partial charge in [-0.3, -0.25) is 0 Å². The smallest absolute Gasteiger partial charge is 0.127 e. The normalized spacial score (nSPS) is 22.9. The molecule has 1 heterocycles. The fourth-order valence-corrected chi connectivity index (χ4v) is 2.92. The molecule has 4 heteroatoms. The van der Waals surface area contributed by atoms with Gasteiger partial charge < -0.3 is 10.1 Å². The Kier molecular flexibility index (Phi) is 5.37. The van der Waals surface area contributed by atoms with Gasteiger partial charge in [-0.05, 0) is 43.5 Å². The maximum atomic E-state index is 14.0. The van der Waals surface area contributed by atoms with Crippen LogP contribution in [0.1, 0.15) is 25.3 Å².